The molecule has 6 nitrogen and oxygen atoms in total. The van der Waals surface area contributed by atoms with E-state index in [9.17, 15) is 14.4 Å². The Labute approximate surface area is 49.1 Å². The van der Waals surface area contributed by atoms with Crippen molar-refractivity contribution in [3.63, 3.8) is 0 Å². The first-order chi connectivity index (χ1) is 4.18. The Kier molecular flexibility index (Phi) is 1.07. The Balaban J connectivity index is 0.000000810. The molecule has 0 fully saturated rings. The fraction of sp³-hybridized carbons (Fsp3) is 0. The number of nitrogens with one attached hydrogen (secondary N) is 3. The van der Waals surface area contributed by atoms with Crippen LogP contribution in [0, 0.1) is 0 Å². The van der Waals surface area contributed by atoms with E-state index in [1.165, 1.54) is 0 Å². The fourth-order valence-electron chi connectivity index (χ4n) is 0.403. The lowest BCUT2D eigenvalue weighted by Crippen LogP contribution is -2.34. The molecule has 48 valence electrons. The Morgan fingerprint density at radius 2 is 1.00 bits per heavy atom. The summed E-state index contributed by atoms with van der Waals surface area (Å²) >= 11 is 0. The molecule has 0 aliphatic heterocycles. The van der Waals surface area contributed by atoms with E-state index in [0.29, 0.717) is 0 Å². The van der Waals surface area contributed by atoms with Gasteiger partial charge in [-0.3, -0.25) is 15.0 Å². The van der Waals surface area contributed by atoms with Crippen LogP contribution < -0.4 is 17.1 Å². The summed E-state index contributed by atoms with van der Waals surface area (Å²) in [5, 5.41) is 0. The van der Waals surface area contributed by atoms with Crippen molar-refractivity contribution in [2.45, 2.75) is 0 Å². The van der Waals surface area contributed by atoms with E-state index in [0.717, 1.165) is 0 Å². The van der Waals surface area contributed by atoms with Crippen LogP contribution in [-0.4, -0.2) is 15.0 Å². The SMILES string of the molecule is O=c1[nH]c(=O)[nH]c(=O)[nH]1.[H+]. The van der Waals surface area contributed by atoms with Crippen LogP contribution >= 0.6 is 0 Å². The summed E-state index contributed by atoms with van der Waals surface area (Å²) in [4.78, 5) is 35.9. The molecule has 0 aromatic carbocycles. The molecule has 0 amide bonds. The van der Waals surface area contributed by atoms with Gasteiger partial charge in [0.1, 0.15) is 0 Å². The zero-order valence-corrected chi connectivity index (χ0v) is 4.22. The number of hydrogen-bond acceptors (Lipinski definition) is 3. The average molecular weight is 130 g/mol. The van der Waals surface area contributed by atoms with E-state index >= 15 is 0 Å². The molecule has 1 heterocycles. The molecule has 0 bridgehead atoms. The van der Waals surface area contributed by atoms with Gasteiger partial charge in [0.25, 0.3) is 0 Å². The van der Waals surface area contributed by atoms with Crippen LogP contribution in [0.1, 0.15) is 1.43 Å². The second-order valence-corrected chi connectivity index (χ2v) is 1.36. The summed E-state index contributed by atoms with van der Waals surface area (Å²) in [6.07, 6.45) is 0. The first kappa shape index (κ1) is 5.54. The smallest absolute Gasteiger partial charge is 0.259 e. The van der Waals surface area contributed by atoms with Gasteiger partial charge in [0.2, 0.25) is 0 Å². The minimum atomic E-state index is -0.802. The number of hydrogen-bond donors (Lipinski definition) is 3. The van der Waals surface area contributed by atoms with E-state index in [1.807, 2.05) is 0 Å². The predicted molar refractivity (Wildman–Crippen MR) is 29.4 cm³/mol. The van der Waals surface area contributed by atoms with Crippen molar-refractivity contribution in [1.82, 2.24) is 15.0 Å². The largest absolute Gasteiger partial charge is 1.00 e. The molecule has 1 aromatic rings. The molecule has 0 aliphatic carbocycles. The third kappa shape index (κ3) is 1.15. The zero-order chi connectivity index (χ0) is 6.85. The summed E-state index contributed by atoms with van der Waals surface area (Å²) in [5.41, 5.74) is -2.41. The van der Waals surface area contributed by atoms with Gasteiger partial charge >= 0.3 is 18.5 Å². The highest BCUT2D eigenvalue weighted by molar-refractivity contribution is 4.60. The average Bonchev–Trinajstić information content (AvgIpc) is 1.59. The van der Waals surface area contributed by atoms with Crippen molar-refractivity contribution >= 4 is 0 Å². The third-order valence-electron chi connectivity index (χ3n) is 0.681. The molecule has 0 saturated heterocycles. The first-order valence-corrected chi connectivity index (χ1v) is 2.11. The van der Waals surface area contributed by atoms with Crippen LogP contribution in [0.3, 0.4) is 0 Å². The van der Waals surface area contributed by atoms with Crippen molar-refractivity contribution < 1.29 is 1.43 Å². The van der Waals surface area contributed by atoms with E-state index in [2.05, 4.69) is 0 Å². The Morgan fingerprint density at radius 1 is 0.778 bits per heavy atom. The van der Waals surface area contributed by atoms with Crippen molar-refractivity contribution in [3.05, 3.63) is 31.5 Å². The standard InChI is InChI=1S/C3H3N3O3/c7-1-4-2(8)6-3(9)5-1/h(H3,4,5,6,7,8,9)/p+1. The van der Waals surface area contributed by atoms with Gasteiger partial charge in [-0.15, -0.1) is 0 Å². The summed E-state index contributed by atoms with van der Waals surface area (Å²) in [5.74, 6) is 0. The second-order valence-electron chi connectivity index (χ2n) is 1.36. The molecule has 0 radical (unpaired) electrons. The molecule has 9 heavy (non-hydrogen) atoms. The maximum absolute atomic E-state index is 10.2. The van der Waals surface area contributed by atoms with Crippen molar-refractivity contribution in [2.75, 3.05) is 0 Å². The Morgan fingerprint density at radius 3 is 1.22 bits per heavy atom. The lowest BCUT2D eigenvalue weighted by atomic mass is 11.0. The minimum Gasteiger partial charge on any atom is -0.259 e. The molecule has 0 saturated carbocycles. The van der Waals surface area contributed by atoms with Gasteiger partial charge in [-0.1, -0.05) is 0 Å². The highest BCUT2D eigenvalue weighted by atomic mass is 16.2. The summed E-state index contributed by atoms with van der Waals surface area (Å²) in [6.45, 7) is 0. The third-order valence-corrected chi connectivity index (χ3v) is 0.681. The lowest BCUT2D eigenvalue weighted by Gasteiger charge is -1.77. The molecule has 0 atom stereocenters. The van der Waals surface area contributed by atoms with Crippen molar-refractivity contribution in [1.29, 1.82) is 0 Å². The molecule has 6 heteroatoms. The molecule has 3 N–H and O–H groups in total. The number of H-pyrrole nitrogens is 3. The normalized spacial score (nSPS) is 9.33. The quantitative estimate of drug-likeness (QED) is 0.374. The maximum atomic E-state index is 10.2. The predicted octanol–water partition coefficient (Wildman–Crippen LogP) is -2.14. The van der Waals surface area contributed by atoms with Gasteiger partial charge in [0.05, 0.1) is 0 Å². The van der Waals surface area contributed by atoms with Gasteiger partial charge < -0.3 is 0 Å². The monoisotopic (exact) mass is 130 g/mol. The van der Waals surface area contributed by atoms with E-state index < -0.39 is 17.1 Å². The van der Waals surface area contributed by atoms with Crippen molar-refractivity contribution in [3.8, 4) is 0 Å². The topological polar surface area (TPSA) is 98.6 Å². The van der Waals surface area contributed by atoms with Gasteiger partial charge in [0, 0.05) is 0 Å². The fourth-order valence-corrected chi connectivity index (χ4v) is 0.403. The number of aromatic amines is 3. The van der Waals surface area contributed by atoms with Gasteiger partial charge in [-0.2, -0.15) is 0 Å². The lowest BCUT2D eigenvalue weighted by molar-refractivity contribution is 0.888. The molecule has 1 rings (SSSR count). The number of aromatic nitrogens is 3. The minimum absolute atomic E-state index is 0. The Bertz CT molecular complexity index is 281. The van der Waals surface area contributed by atoms with E-state index in [4.69, 9.17) is 0 Å². The Hall–Kier alpha value is -1.59. The molecular formula is C3H4N3O3+. The van der Waals surface area contributed by atoms with Gasteiger partial charge in [-0.25, -0.2) is 14.4 Å². The van der Waals surface area contributed by atoms with Crippen LogP contribution in [0.15, 0.2) is 14.4 Å². The van der Waals surface area contributed by atoms with E-state index in [1.54, 1.807) is 15.0 Å². The van der Waals surface area contributed by atoms with Crippen LogP contribution in [0.2, 0.25) is 0 Å². The molecule has 0 aliphatic rings. The van der Waals surface area contributed by atoms with Crippen LogP contribution in [0.25, 0.3) is 0 Å². The van der Waals surface area contributed by atoms with Gasteiger partial charge in [-0.05, 0) is 0 Å². The molecule has 1 aromatic heterocycles. The number of rotatable bonds is 0. The maximum Gasteiger partial charge on any atom is 1.00 e. The highest BCUT2D eigenvalue weighted by Gasteiger charge is 1.84. The van der Waals surface area contributed by atoms with Crippen LogP contribution in [0.4, 0.5) is 0 Å². The molecule has 0 spiro atoms. The molecular weight excluding hydrogens is 126 g/mol. The first-order valence-electron chi connectivity index (χ1n) is 2.11. The summed E-state index contributed by atoms with van der Waals surface area (Å²) in [7, 11) is 0. The second kappa shape index (κ2) is 1.73. The molecule has 0 unspecified atom stereocenters. The highest BCUT2D eigenvalue weighted by Crippen LogP contribution is 1.29. The van der Waals surface area contributed by atoms with Gasteiger partial charge in [0.15, 0.2) is 0 Å². The van der Waals surface area contributed by atoms with E-state index in [-0.39, 0.29) is 1.43 Å². The summed E-state index contributed by atoms with van der Waals surface area (Å²) in [6, 6.07) is 0. The van der Waals surface area contributed by atoms with Crippen molar-refractivity contribution in [2.24, 2.45) is 0 Å². The summed E-state index contributed by atoms with van der Waals surface area (Å²) < 4.78 is 0. The van der Waals surface area contributed by atoms with Crippen LogP contribution in [0.5, 0.6) is 0 Å². The van der Waals surface area contributed by atoms with Crippen LogP contribution in [-0.2, 0) is 0 Å². The zero-order valence-electron chi connectivity index (χ0n) is 5.22.